The molecule has 0 atom stereocenters. The standard InChI is InChI=1S/C32H46BrFN6O4/c1-22-19-24-27(26(34)25(22)33)35-29(43-23-5-9-37(10-6-23)13-14-38-15-17-42-18-16-38)36-28(24)39-11-7-32(8-12-39)20-40(21-32)30(41)44-31(2,3)4/h19,23H,5-18,20-21H2,1-4H3. The highest BCUT2D eigenvalue weighted by atomic mass is 79.9. The van der Waals surface area contributed by atoms with E-state index < -0.39 is 5.60 Å². The van der Waals surface area contributed by atoms with Crippen molar-refractivity contribution in [3.63, 3.8) is 0 Å². The van der Waals surface area contributed by atoms with E-state index in [1.807, 2.05) is 33.8 Å². The normalized spacial score (nSPS) is 22.0. The molecule has 4 saturated heterocycles. The first-order valence-electron chi connectivity index (χ1n) is 16.1. The van der Waals surface area contributed by atoms with Crippen LogP contribution in [-0.2, 0) is 9.47 Å². The Balaban J connectivity index is 1.11. The maximum atomic E-state index is 15.6. The summed E-state index contributed by atoms with van der Waals surface area (Å²) in [6.07, 6.45) is 3.38. The van der Waals surface area contributed by atoms with Gasteiger partial charge in [0.15, 0.2) is 5.82 Å². The summed E-state index contributed by atoms with van der Waals surface area (Å²) in [5.74, 6) is 0.340. The van der Waals surface area contributed by atoms with Gasteiger partial charge in [0.25, 0.3) is 0 Å². The smallest absolute Gasteiger partial charge is 0.410 e. The summed E-state index contributed by atoms with van der Waals surface area (Å²) in [5.41, 5.74) is 0.679. The minimum Gasteiger partial charge on any atom is -0.460 e. The zero-order chi connectivity index (χ0) is 31.1. The fraction of sp³-hybridized carbons (Fsp3) is 0.719. The number of aryl methyl sites for hydroxylation is 1. The number of nitrogens with zero attached hydrogens (tertiary/aromatic N) is 6. The number of carbonyl (C=O) groups is 1. The number of rotatable bonds is 6. The molecule has 0 bridgehead atoms. The molecule has 4 fully saturated rings. The third kappa shape index (κ3) is 7.08. The molecular formula is C32H46BrFN6O4. The van der Waals surface area contributed by atoms with E-state index in [4.69, 9.17) is 19.2 Å². The van der Waals surface area contributed by atoms with Crippen molar-refractivity contribution in [2.24, 2.45) is 5.41 Å². The van der Waals surface area contributed by atoms with Gasteiger partial charge in [-0.2, -0.15) is 9.97 Å². The summed E-state index contributed by atoms with van der Waals surface area (Å²) in [5, 5.41) is 0.702. The lowest BCUT2D eigenvalue weighted by Crippen LogP contribution is -2.62. The van der Waals surface area contributed by atoms with Crippen LogP contribution in [-0.4, -0.2) is 121 Å². The van der Waals surface area contributed by atoms with Crippen LogP contribution < -0.4 is 9.64 Å². The molecule has 0 N–H and O–H groups in total. The minimum atomic E-state index is -0.501. The second-order valence-corrected chi connectivity index (χ2v) is 14.8. The molecule has 12 heteroatoms. The molecule has 44 heavy (non-hydrogen) atoms. The summed E-state index contributed by atoms with van der Waals surface area (Å²) < 4.78 is 33.4. The van der Waals surface area contributed by atoms with Crippen LogP contribution in [0.2, 0.25) is 0 Å². The molecule has 6 rings (SSSR count). The number of piperidine rings is 2. The molecule has 2 aromatic rings. The van der Waals surface area contributed by atoms with Gasteiger partial charge in [-0.3, -0.25) is 4.90 Å². The maximum Gasteiger partial charge on any atom is 0.410 e. The molecule has 4 aliphatic rings. The molecule has 1 aromatic carbocycles. The molecule has 242 valence electrons. The van der Waals surface area contributed by atoms with Crippen LogP contribution in [0.1, 0.15) is 52.0 Å². The van der Waals surface area contributed by atoms with Crippen molar-refractivity contribution in [1.29, 1.82) is 0 Å². The molecular weight excluding hydrogens is 631 g/mol. The van der Waals surface area contributed by atoms with Gasteiger partial charge in [-0.05, 0) is 80.9 Å². The van der Waals surface area contributed by atoms with Crippen LogP contribution in [0.3, 0.4) is 0 Å². The molecule has 0 unspecified atom stereocenters. The number of anilines is 1. The van der Waals surface area contributed by atoms with Crippen molar-refractivity contribution in [3.8, 4) is 6.01 Å². The quantitative estimate of drug-likeness (QED) is 0.426. The Bertz CT molecular complexity index is 1340. The summed E-state index contributed by atoms with van der Waals surface area (Å²) in [4.78, 5) is 31.0. The van der Waals surface area contributed by atoms with Gasteiger partial charge in [0.1, 0.15) is 23.0 Å². The molecule has 0 saturated carbocycles. The maximum absolute atomic E-state index is 15.6. The SMILES string of the molecule is Cc1cc2c(N3CCC4(CC3)CN(C(=O)OC(C)(C)C)C4)nc(OC3CCN(CCN4CCOCC4)CC3)nc2c(F)c1Br. The largest absolute Gasteiger partial charge is 0.460 e. The van der Waals surface area contributed by atoms with Gasteiger partial charge >= 0.3 is 12.1 Å². The number of fused-ring (bicyclic) bond motifs is 1. The third-order valence-electron chi connectivity index (χ3n) is 9.48. The Hall–Kier alpha value is -2.28. The number of amides is 1. The average Bonchev–Trinajstić information content (AvgIpc) is 2.98. The molecule has 1 amide bonds. The van der Waals surface area contributed by atoms with Gasteiger partial charge < -0.3 is 28.9 Å². The predicted octanol–water partition coefficient (Wildman–Crippen LogP) is 4.85. The highest BCUT2D eigenvalue weighted by Gasteiger charge is 2.48. The fourth-order valence-corrected chi connectivity index (χ4v) is 7.13. The van der Waals surface area contributed by atoms with Gasteiger partial charge in [-0.15, -0.1) is 0 Å². The van der Waals surface area contributed by atoms with Crippen LogP contribution in [0.25, 0.3) is 10.9 Å². The monoisotopic (exact) mass is 676 g/mol. The van der Waals surface area contributed by atoms with Crippen LogP contribution in [0.5, 0.6) is 6.01 Å². The van der Waals surface area contributed by atoms with Gasteiger partial charge in [0.2, 0.25) is 0 Å². The number of hydrogen-bond donors (Lipinski definition) is 0. The third-order valence-corrected chi connectivity index (χ3v) is 10.5. The van der Waals surface area contributed by atoms with E-state index in [2.05, 4.69) is 35.6 Å². The molecule has 0 radical (unpaired) electrons. The van der Waals surface area contributed by atoms with Crippen molar-refractivity contribution in [1.82, 2.24) is 24.7 Å². The first-order valence-corrected chi connectivity index (χ1v) is 16.9. The fourth-order valence-electron chi connectivity index (χ4n) is 6.82. The van der Waals surface area contributed by atoms with Crippen molar-refractivity contribution in [2.45, 2.75) is 65.1 Å². The van der Waals surface area contributed by atoms with E-state index in [1.54, 1.807) is 4.90 Å². The van der Waals surface area contributed by atoms with E-state index in [0.29, 0.717) is 22.9 Å². The Labute approximate surface area is 268 Å². The highest BCUT2D eigenvalue weighted by molar-refractivity contribution is 9.10. The average molecular weight is 678 g/mol. The lowest BCUT2D eigenvalue weighted by atomic mass is 9.72. The molecule has 10 nitrogen and oxygen atoms in total. The Morgan fingerprint density at radius 2 is 1.68 bits per heavy atom. The Kier molecular flexibility index (Phi) is 9.25. The molecule has 1 aromatic heterocycles. The van der Waals surface area contributed by atoms with Crippen molar-refractivity contribution in [2.75, 3.05) is 83.6 Å². The summed E-state index contributed by atoms with van der Waals surface area (Å²) >= 11 is 3.41. The first-order chi connectivity index (χ1) is 21.0. The van der Waals surface area contributed by atoms with Crippen LogP contribution in [0.4, 0.5) is 15.0 Å². The predicted molar refractivity (Wildman–Crippen MR) is 171 cm³/mol. The number of carbonyl (C=O) groups excluding carboxylic acids is 1. The lowest BCUT2D eigenvalue weighted by Gasteiger charge is -2.53. The summed E-state index contributed by atoms with van der Waals surface area (Å²) in [6, 6.07) is 2.21. The molecule has 1 spiro atoms. The van der Waals surface area contributed by atoms with Crippen molar-refractivity contribution >= 4 is 38.7 Å². The zero-order valence-electron chi connectivity index (χ0n) is 26.5. The number of benzene rings is 1. The van der Waals surface area contributed by atoms with E-state index in [9.17, 15) is 4.79 Å². The lowest BCUT2D eigenvalue weighted by molar-refractivity contribution is -0.0434. The number of ether oxygens (including phenoxy) is 3. The van der Waals surface area contributed by atoms with Crippen LogP contribution in [0.15, 0.2) is 10.5 Å². The molecule has 4 aliphatic heterocycles. The van der Waals surface area contributed by atoms with Crippen LogP contribution in [0, 0.1) is 18.2 Å². The van der Waals surface area contributed by atoms with E-state index in [1.165, 1.54) is 0 Å². The topological polar surface area (TPSA) is 83.5 Å². The Morgan fingerprint density at radius 1 is 1.05 bits per heavy atom. The van der Waals surface area contributed by atoms with Crippen molar-refractivity contribution in [3.05, 3.63) is 21.9 Å². The second kappa shape index (κ2) is 12.8. The van der Waals surface area contributed by atoms with E-state index in [0.717, 1.165) is 103 Å². The van der Waals surface area contributed by atoms with Gasteiger partial charge in [0, 0.05) is 76.2 Å². The summed E-state index contributed by atoms with van der Waals surface area (Å²) in [6.45, 7) is 18.2. The van der Waals surface area contributed by atoms with Crippen LogP contribution >= 0.6 is 15.9 Å². The highest BCUT2D eigenvalue weighted by Crippen LogP contribution is 2.43. The number of hydrogen-bond acceptors (Lipinski definition) is 9. The van der Waals surface area contributed by atoms with E-state index in [-0.39, 0.29) is 35.0 Å². The number of morpholine rings is 1. The number of likely N-dealkylation sites (tertiary alicyclic amines) is 2. The second-order valence-electron chi connectivity index (χ2n) is 14.0. The first kappa shape index (κ1) is 31.7. The number of aromatic nitrogens is 2. The molecule has 0 aliphatic carbocycles. The zero-order valence-corrected chi connectivity index (χ0v) is 28.1. The molecule has 5 heterocycles. The summed E-state index contributed by atoms with van der Waals surface area (Å²) in [7, 11) is 0. The van der Waals surface area contributed by atoms with Gasteiger partial charge in [0.05, 0.1) is 17.7 Å². The van der Waals surface area contributed by atoms with Gasteiger partial charge in [-0.25, -0.2) is 9.18 Å². The number of halogens is 2. The van der Waals surface area contributed by atoms with E-state index >= 15 is 4.39 Å². The van der Waals surface area contributed by atoms with Crippen molar-refractivity contribution < 1.29 is 23.4 Å². The van der Waals surface area contributed by atoms with Gasteiger partial charge in [-0.1, -0.05) is 0 Å². The minimum absolute atomic E-state index is 0.00433. The Morgan fingerprint density at radius 3 is 2.32 bits per heavy atom.